The largest absolute Gasteiger partial charge is 0.376 e. The zero-order valence-electron chi connectivity index (χ0n) is 18.2. The molecule has 0 amide bonds. The summed E-state index contributed by atoms with van der Waals surface area (Å²) in [4.78, 5) is 46.7. The minimum atomic E-state index is -0.377. The molecule has 5 rings (SSSR count). The van der Waals surface area contributed by atoms with E-state index in [9.17, 15) is 14.4 Å². The number of Topliss-reactive ketones (excluding diaryl/α,β-unsaturated/α-hetero) is 3. The molecule has 0 bridgehead atoms. The molecule has 1 aliphatic carbocycles. The molecule has 0 spiro atoms. The topological polar surface area (TPSA) is 94.0 Å². The van der Waals surface area contributed by atoms with Gasteiger partial charge in [-0.3, -0.25) is 14.4 Å². The van der Waals surface area contributed by atoms with Crippen LogP contribution in [0.25, 0.3) is 11.0 Å². The standard InChI is InChI=1S/C26H19ClN4O3/c1-31-11-10-19-20(29-14-30-26(19)31)12-21(32)16-8-6-15(7-9-16)13-28-23-22(27)24(33)17-4-2-3-5-18(17)25(23)34/h2-11,14,28H,12-13H2,1H3. The zero-order valence-corrected chi connectivity index (χ0v) is 19.0. The molecule has 0 saturated heterocycles. The lowest BCUT2D eigenvalue weighted by Crippen LogP contribution is -2.28. The Labute approximate surface area is 200 Å². The number of aryl methyl sites for hydroxylation is 1. The van der Waals surface area contributed by atoms with E-state index in [0.717, 1.165) is 16.6 Å². The molecular formula is C26H19ClN4O3. The highest BCUT2D eigenvalue weighted by molar-refractivity contribution is 6.49. The van der Waals surface area contributed by atoms with Gasteiger partial charge in [0, 0.05) is 41.9 Å². The fourth-order valence-corrected chi connectivity index (χ4v) is 4.28. The molecule has 2 aromatic carbocycles. The second-order valence-electron chi connectivity index (χ2n) is 8.03. The predicted molar refractivity (Wildman–Crippen MR) is 128 cm³/mol. The van der Waals surface area contributed by atoms with Gasteiger partial charge in [-0.05, 0) is 11.6 Å². The Balaban J connectivity index is 1.28. The minimum Gasteiger partial charge on any atom is -0.376 e. The number of nitrogens with one attached hydrogen (secondary N) is 1. The Hall–Kier alpha value is -4.10. The van der Waals surface area contributed by atoms with Gasteiger partial charge >= 0.3 is 0 Å². The van der Waals surface area contributed by atoms with Crippen molar-refractivity contribution in [2.24, 2.45) is 7.05 Å². The molecule has 2 heterocycles. The highest BCUT2D eigenvalue weighted by Gasteiger charge is 2.31. The Morgan fingerprint density at radius 1 is 0.971 bits per heavy atom. The van der Waals surface area contributed by atoms with Crippen molar-refractivity contribution in [2.75, 3.05) is 0 Å². The van der Waals surface area contributed by atoms with Crippen LogP contribution in [0.4, 0.5) is 0 Å². The molecule has 2 aromatic heterocycles. The summed E-state index contributed by atoms with van der Waals surface area (Å²) in [6.07, 6.45) is 3.52. The van der Waals surface area contributed by atoms with Crippen LogP contribution < -0.4 is 5.32 Å². The maximum Gasteiger partial charge on any atom is 0.211 e. The summed E-state index contributed by atoms with van der Waals surface area (Å²) in [7, 11) is 1.90. The smallest absolute Gasteiger partial charge is 0.211 e. The highest BCUT2D eigenvalue weighted by atomic mass is 35.5. The van der Waals surface area contributed by atoms with E-state index < -0.39 is 0 Å². The molecule has 0 saturated carbocycles. The number of nitrogens with zero attached hydrogens (tertiary/aromatic N) is 3. The van der Waals surface area contributed by atoms with E-state index >= 15 is 0 Å². The third-order valence-electron chi connectivity index (χ3n) is 5.88. The van der Waals surface area contributed by atoms with Crippen LogP contribution >= 0.6 is 11.6 Å². The van der Waals surface area contributed by atoms with E-state index in [1.807, 2.05) is 23.9 Å². The summed E-state index contributed by atoms with van der Waals surface area (Å²) >= 11 is 6.20. The van der Waals surface area contributed by atoms with Crippen LogP contribution in [-0.2, 0) is 20.0 Å². The summed E-state index contributed by atoms with van der Waals surface area (Å²) < 4.78 is 1.89. The average Bonchev–Trinajstić information content (AvgIpc) is 3.24. The van der Waals surface area contributed by atoms with E-state index in [1.54, 1.807) is 48.5 Å². The van der Waals surface area contributed by atoms with E-state index in [1.165, 1.54) is 6.33 Å². The van der Waals surface area contributed by atoms with Gasteiger partial charge < -0.3 is 9.88 Å². The second kappa shape index (κ2) is 8.68. The first-order valence-corrected chi connectivity index (χ1v) is 11.0. The number of halogens is 1. The summed E-state index contributed by atoms with van der Waals surface area (Å²) in [6.45, 7) is 0.276. The Kier molecular flexibility index (Phi) is 5.55. The van der Waals surface area contributed by atoms with Crippen LogP contribution in [0.1, 0.15) is 42.3 Å². The molecule has 4 aromatic rings. The zero-order chi connectivity index (χ0) is 23.8. The van der Waals surface area contributed by atoms with Crippen LogP contribution in [-0.4, -0.2) is 31.9 Å². The van der Waals surface area contributed by atoms with Gasteiger partial charge in [0.15, 0.2) is 5.78 Å². The fraction of sp³-hybridized carbons (Fsp3) is 0.115. The predicted octanol–water partition coefficient (Wildman–Crippen LogP) is 4.01. The number of ketones is 3. The molecule has 8 heteroatoms. The van der Waals surface area contributed by atoms with Crippen molar-refractivity contribution in [1.29, 1.82) is 0 Å². The SMILES string of the molecule is Cn1ccc2c(CC(=O)c3ccc(CNC4=C(Cl)C(=O)c5ccccc5C4=O)cc3)ncnc21. The van der Waals surface area contributed by atoms with E-state index in [0.29, 0.717) is 22.4 Å². The van der Waals surface area contributed by atoms with E-state index in [2.05, 4.69) is 15.3 Å². The Morgan fingerprint density at radius 3 is 2.41 bits per heavy atom. The lowest BCUT2D eigenvalue weighted by Gasteiger charge is -2.19. The third-order valence-corrected chi connectivity index (χ3v) is 6.24. The number of fused-ring (bicyclic) bond motifs is 2. The second-order valence-corrected chi connectivity index (χ2v) is 8.41. The number of allylic oxidation sites excluding steroid dienone is 2. The molecule has 0 radical (unpaired) electrons. The molecular weight excluding hydrogens is 452 g/mol. The number of rotatable bonds is 6. The number of carbonyl (C=O) groups excluding carboxylic acids is 3. The van der Waals surface area contributed by atoms with Crippen LogP contribution in [0.2, 0.25) is 0 Å². The van der Waals surface area contributed by atoms with Gasteiger partial charge in [-0.2, -0.15) is 0 Å². The van der Waals surface area contributed by atoms with Gasteiger partial charge in [0.25, 0.3) is 0 Å². The first-order chi connectivity index (χ1) is 16.4. The van der Waals surface area contributed by atoms with E-state index in [-0.39, 0.29) is 41.0 Å². The maximum absolute atomic E-state index is 12.8. The van der Waals surface area contributed by atoms with E-state index in [4.69, 9.17) is 11.6 Å². The normalized spacial score (nSPS) is 13.4. The lowest BCUT2D eigenvalue weighted by molar-refractivity contribution is 0.0974. The van der Waals surface area contributed by atoms with Crippen molar-refractivity contribution in [1.82, 2.24) is 19.9 Å². The van der Waals surface area contributed by atoms with Crippen molar-refractivity contribution in [3.63, 3.8) is 0 Å². The molecule has 168 valence electrons. The molecule has 7 nitrogen and oxygen atoms in total. The van der Waals surface area contributed by atoms with Crippen molar-refractivity contribution in [3.8, 4) is 0 Å². The van der Waals surface area contributed by atoms with Crippen LogP contribution in [0.15, 0.2) is 77.9 Å². The fourth-order valence-electron chi connectivity index (χ4n) is 4.03. The molecule has 0 aliphatic heterocycles. The molecule has 0 atom stereocenters. The first kappa shape index (κ1) is 21.7. The number of aromatic nitrogens is 3. The van der Waals surface area contributed by atoms with Crippen LogP contribution in [0.3, 0.4) is 0 Å². The first-order valence-electron chi connectivity index (χ1n) is 10.6. The lowest BCUT2D eigenvalue weighted by atomic mass is 9.92. The monoisotopic (exact) mass is 470 g/mol. The molecule has 0 fully saturated rings. The number of carbonyl (C=O) groups is 3. The van der Waals surface area contributed by atoms with Crippen molar-refractivity contribution in [3.05, 3.63) is 106 Å². The summed E-state index contributed by atoms with van der Waals surface area (Å²) in [6, 6.07) is 15.6. The minimum absolute atomic E-state index is 0.0567. The number of hydrogen-bond donors (Lipinski definition) is 1. The molecule has 34 heavy (non-hydrogen) atoms. The molecule has 0 unspecified atom stereocenters. The molecule has 1 aliphatic rings. The number of hydrogen-bond acceptors (Lipinski definition) is 6. The number of benzene rings is 2. The van der Waals surface area contributed by atoms with Gasteiger partial charge in [-0.15, -0.1) is 0 Å². The summed E-state index contributed by atoms with van der Waals surface area (Å²) in [5.74, 6) is -0.750. The van der Waals surface area contributed by atoms with Gasteiger partial charge in [-0.1, -0.05) is 60.1 Å². The van der Waals surface area contributed by atoms with Gasteiger partial charge in [0.05, 0.1) is 12.1 Å². The Morgan fingerprint density at radius 2 is 1.68 bits per heavy atom. The van der Waals surface area contributed by atoms with Crippen LogP contribution in [0, 0.1) is 0 Å². The molecule has 1 N–H and O–H groups in total. The van der Waals surface area contributed by atoms with Crippen molar-refractivity contribution < 1.29 is 14.4 Å². The quantitative estimate of drug-likeness (QED) is 0.428. The van der Waals surface area contributed by atoms with Crippen molar-refractivity contribution >= 4 is 40.0 Å². The van der Waals surface area contributed by atoms with Gasteiger partial charge in [0.1, 0.15) is 22.7 Å². The van der Waals surface area contributed by atoms with Gasteiger partial charge in [-0.25, -0.2) is 9.97 Å². The summed E-state index contributed by atoms with van der Waals surface area (Å²) in [5.41, 5.74) is 3.58. The highest BCUT2D eigenvalue weighted by Crippen LogP contribution is 2.27. The third kappa shape index (κ3) is 3.80. The van der Waals surface area contributed by atoms with Gasteiger partial charge in [0.2, 0.25) is 11.6 Å². The average molecular weight is 471 g/mol. The Bertz CT molecular complexity index is 1500. The summed E-state index contributed by atoms with van der Waals surface area (Å²) in [5, 5.41) is 3.73. The van der Waals surface area contributed by atoms with Crippen LogP contribution in [0.5, 0.6) is 0 Å². The van der Waals surface area contributed by atoms with Crippen molar-refractivity contribution in [2.45, 2.75) is 13.0 Å². The maximum atomic E-state index is 12.8.